The van der Waals surface area contributed by atoms with Crippen molar-refractivity contribution < 1.29 is 9.84 Å². The Hall–Kier alpha value is -0.120. The van der Waals surface area contributed by atoms with Crippen molar-refractivity contribution in [1.82, 2.24) is 4.90 Å². The van der Waals surface area contributed by atoms with Crippen LogP contribution < -0.4 is 0 Å². The van der Waals surface area contributed by atoms with E-state index in [4.69, 9.17) is 4.74 Å². The maximum atomic E-state index is 10.1. The van der Waals surface area contributed by atoms with Crippen LogP contribution in [0.4, 0.5) is 0 Å². The molecule has 2 aliphatic rings. The maximum absolute atomic E-state index is 10.1. The average molecular weight is 227 g/mol. The van der Waals surface area contributed by atoms with Crippen molar-refractivity contribution >= 4 is 0 Å². The monoisotopic (exact) mass is 227 g/mol. The molecule has 0 amide bonds. The van der Waals surface area contributed by atoms with E-state index < -0.39 is 0 Å². The molecule has 2 rings (SSSR count). The first kappa shape index (κ1) is 12.3. The fourth-order valence-electron chi connectivity index (χ4n) is 3.29. The SMILES string of the molecule is COCC1CCCN(C2CCCCC2O)C1. The summed E-state index contributed by atoms with van der Waals surface area (Å²) in [6, 6.07) is 0.424. The first-order chi connectivity index (χ1) is 7.81. The van der Waals surface area contributed by atoms with Gasteiger partial charge in [-0.05, 0) is 38.1 Å². The molecule has 0 aromatic rings. The van der Waals surface area contributed by atoms with E-state index in [1.807, 2.05) is 0 Å². The summed E-state index contributed by atoms with van der Waals surface area (Å²) < 4.78 is 5.25. The molecule has 1 saturated carbocycles. The lowest BCUT2D eigenvalue weighted by Gasteiger charge is -2.42. The van der Waals surface area contributed by atoms with Crippen molar-refractivity contribution in [2.24, 2.45) is 5.92 Å². The second-order valence-electron chi connectivity index (χ2n) is 5.38. The van der Waals surface area contributed by atoms with Gasteiger partial charge in [0.2, 0.25) is 0 Å². The molecule has 1 saturated heterocycles. The zero-order valence-corrected chi connectivity index (χ0v) is 10.4. The van der Waals surface area contributed by atoms with Crippen molar-refractivity contribution in [2.75, 3.05) is 26.8 Å². The van der Waals surface area contributed by atoms with E-state index >= 15 is 0 Å². The third-order valence-corrected chi connectivity index (χ3v) is 4.12. The van der Waals surface area contributed by atoms with E-state index in [1.165, 1.54) is 38.6 Å². The summed E-state index contributed by atoms with van der Waals surface area (Å²) in [4.78, 5) is 2.51. The molecule has 0 aromatic carbocycles. The fraction of sp³-hybridized carbons (Fsp3) is 1.00. The summed E-state index contributed by atoms with van der Waals surface area (Å²) in [7, 11) is 1.79. The summed E-state index contributed by atoms with van der Waals surface area (Å²) in [5.41, 5.74) is 0. The number of rotatable bonds is 3. The Labute approximate surface area is 98.8 Å². The molecule has 0 aromatic heterocycles. The van der Waals surface area contributed by atoms with Crippen LogP contribution in [-0.2, 0) is 4.74 Å². The number of piperidine rings is 1. The second kappa shape index (κ2) is 5.99. The molecule has 3 nitrogen and oxygen atoms in total. The van der Waals surface area contributed by atoms with Crippen LogP contribution in [0.25, 0.3) is 0 Å². The van der Waals surface area contributed by atoms with Crippen LogP contribution in [-0.4, -0.2) is 49.0 Å². The Morgan fingerprint density at radius 3 is 2.75 bits per heavy atom. The maximum Gasteiger partial charge on any atom is 0.0695 e. The van der Waals surface area contributed by atoms with Crippen molar-refractivity contribution in [3.63, 3.8) is 0 Å². The van der Waals surface area contributed by atoms with Crippen molar-refractivity contribution in [2.45, 2.75) is 50.7 Å². The number of nitrogens with zero attached hydrogens (tertiary/aromatic N) is 1. The first-order valence-corrected chi connectivity index (χ1v) is 6.72. The van der Waals surface area contributed by atoms with Gasteiger partial charge in [0.15, 0.2) is 0 Å². The van der Waals surface area contributed by atoms with Crippen LogP contribution in [0, 0.1) is 5.92 Å². The summed E-state index contributed by atoms with van der Waals surface area (Å²) >= 11 is 0. The van der Waals surface area contributed by atoms with Crippen molar-refractivity contribution in [3.05, 3.63) is 0 Å². The molecule has 1 aliphatic heterocycles. The lowest BCUT2D eigenvalue weighted by molar-refractivity contribution is -0.00989. The zero-order valence-electron chi connectivity index (χ0n) is 10.4. The molecule has 1 N–H and O–H groups in total. The fourth-order valence-corrected chi connectivity index (χ4v) is 3.29. The zero-order chi connectivity index (χ0) is 11.4. The Morgan fingerprint density at radius 1 is 1.19 bits per heavy atom. The minimum atomic E-state index is -0.0879. The number of hydrogen-bond donors (Lipinski definition) is 1. The third kappa shape index (κ3) is 2.96. The van der Waals surface area contributed by atoms with Gasteiger partial charge in [-0.3, -0.25) is 4.90 Å². The predicted molar refractivity (Wildman–Crippen MR) is 64.4 cm³/mol. The smallest absolute Gasteiger partial charge is 0.0695 e. The van der Waals surface area contributed by atoms with Crippen LogP contribution in [0.2, 0.25) is 0 Å². The predicted octanol–water partition coefficient (Wildman–Crippen LogP) is 1.65. The Kier molecular flexibility index (Phi) is 4.62. The van der Waals surface area contributed by atoms with Gasteiger partial charge >= 0.3 is 0 Å². The molecule has 3 heteroatoms. The number of hydrogen-bond acceptors (Lipinski definition) is 3. The topological polar surface area (TPSA) is 32.7 Å². The molecule has 94 valence electrons. The van der Waals surface area contributed by atoms with Crippen LogP contribution in [0.1, 0.15) is 38.5 Å². The highest BCUT2D eigenvalue weighted by Crippen LogP contribution is 2.27. The third-order valence-electron chi connectivity index (χ3n) is 4.12. The Morgan fingerprint density at radius 2 is 2.00 bits per heavy atom. The molecule has 0 radical (unpaired) electrons. The van der Waals surface area contributed by atoms with Gasteiger partial charge < -0.3 is 9.84 Å². The Bertz CT molecular complexity index is 208. The molecule has 0 bridgehead atoms. The number of aliphatic hydroxyl groups excluding tert-OH is 1. The highest BCUT2D eigenvalue weighted by atomic mass is 16.5. The lowest BCUT2D eigenvalue weighted by Crippen LogP contribution is -2.50. The van der Waals surface area contributed by atoms with Gasteiger partial charge in [0.25, 0.3) is 0 Å². The average Bonchev–Trinajstić information content (AvgIpc) is 2.30. The number of ether oxygens (including phenoxy) is 1. The summed E-state index contributed by atoms with van der Waals surface area (Å²) in [5, 5.41) is 10.1. The van der Waals surface area contributed by atoms with Crippen LogP contribution in [0.15, 0.2) is 0 Å². The van der Waals surface area contributed by atoms with E-state index in [0.717, 1.165) is 19.6 Å². The van der Waals surface area contributed by atoms with Gasteiger partial charge in [0.05, 0.1) is 12.7 Å². The van der Waals surface area contributed by atoms with Gasteiger partial charge in [-0.15, -0.1) is 0 Å². The normalized spacial score (nSPS) is 37.5. The molecule has 2 fully saturated rings. The molecule has 1 heterocycles. The van der Waals surface area contributed by atoms with Gasteiger partial charge in [-0.1, -0.05) is 12.8 Å². The molecular weight excluding hydrogens is 202 g/mol. The molecular formula is C13H25NO2. The number of aliphatic hydroxyl groups is 1. The molecule has 3 unspecified atom stereocenters. The highest BCUT2D eigenvalue weighted by Gasteiger charge is 2.31. The first-order valence-electron chi connectivity index (χ1n) is 6.72. The van der Waals surface area contributed by atoms with E-state index in [0.29, 0.717) is 12.0 Å². The lowest BCUT2D eigenvalue weighted by atomic mass is 9.88. The molecule has 3 atom stereocenters. The largest absolute Gasteiger partial charge is 0.391 e. The van der Waals surface area contributed by atoms with Crippen LogP contribution >= 0.6 is 0 Å². The second-order valence-corrected chi connectivity index (χ2v) is 5.38. The van der Waals surface area contributed by atoms with Crippen molar-refractivity contribution in [3.8, 4) is 0 Å². The Balaban J connectivity index is 1.87. The van der Waals surface area contributed by atoms with Gasteiger partial charge in [-0.25, -0.2) is 0 Å². The van der Waals surface area contributed by atoms with E-state index in [2.05, 4.69) is 4.90 Å². The van der Waals surface area contributed by atoms with Gasteiger partial charge in [-0.2, -0.15) is 0 Å². The molecule has 0 spiro atoms. The standard InChI is InChI=1S/C13H25NO2/c1-16-10-11-5-4-8-14(9-11)12-6-2-3-7-13(12)15/h11-13,15H,2-10H2,1H3. The minimum absolute atomic E-state index is 0.0879. The van der Waals surface area contributed by atoms with Crippen LogP contribution in [0.3, 0.4) is 0 Å². The summed E-state index contributed by atoms with van der Waals surface area (Å²) in [6.45, 7) is 3.16. The quantitative estimate of drug-likeness (QED) is 0.795. The summed E-state index contributed by atoms with van der Waals surface area (Å²) in [5.74, 6) is 0.674. The molecule has 16 heavy (non-hydrogen) atoms. The van der Waals surface area contributed by atoms with Gasteiger partial charge in [0, 0.05) is 19.7 Å². The van der Waals surface area contributed by atoms with Crippen LogP contribution in [0.5, 0.6) is 0 Å². The van der Waals surface area contributed by atoms with E-state index in [9.17, 15) is 5.11 Å². The van der Waals surface area contributed by atoms with E-state index in [-0.39, 0.29) is 6.10 Å². The number of likely N-dealkylation sites (tertiary alicyclic amines) is 1. The van der Waals surface area contributed by atoms with Gasteiger partial charge in [0.1, 0.15) is 0 Å². The molecule has 1 aliphatic carbocycles. The minimum Gasteiger partial charge on any atom is -0.391 e. The summed E-state index contributed by atoms with van der Waals surface area (Å²) in [6.07, 6.45) is 7.12. The number of methoxy groups -OCH3 is 1. The van der Waals surface area contributed by atoms with Crippen molar-refractivity contribution in [1.29, 1.82) is 0 Å². The van der Waals surface area contributed by atoms with E-state index in [1.54, 1.807) is 7.11 Å². The highest BCUT2D eigenvalue weighted by molar-refractivity contribution is 4.86.